The minimum Gasteiger partial charge on any atom is -0.207 e. The monoisotopic (exact) mass is 158 g/mol. The van der Waals surface area contributed by atoms with Gasteiger partial charge in [0.15, 0.2) is 0 Å². The first-order valence-electron chi connectivity index (χ1n) is 3.50. The summed E-state index contributed by atoms with van der Waals surface area (Å²) in [6, 6.07) is 0. The summed E-state index contributed by atoms with van der Waals surface area (Å²) in [5.41, 5.74) is 0.0856. The molecule has 0 aliphatic carbocycles. The highest BCUT2D eigenvalue weighted by Gasteiger charge is 2.05. The Balaban J connectivity index is 4.79. The molecule has 0 heterocycles. The van der Waals surface area contributed by atoms with Gasteiger partial charge in [0.25, 0.3) is 0 Å². The number of halogens is 2. The summed E-state index contributed by atoms with van der Waals surface area (Å²) in [5.74, 6) is -1.09. The number of rotatable bonds is 3. The van der Waals surface area contributed by atoms with Crippen LogP contribution in [0.4, 0.5) is 8.78 Å². The minimum atomic E-state index is -0.580. The van der Waals surface area contributed by atoms with Gasteiger partial charge in [0.05, 0.1) is 0 Å². The highest BCUT2D eigenvalue weighted by molar-refractivity contribution is 5.31. The predicted molar refractivity (Wildman–Crippen MR) is 43.5 cm³/mol. The van der Waals surface area contributed by atoms with Gasteiger partial charge < -0.3 is 0 Å². The molecule has 0 nitrogen and oxygen atoms in total. The van der Waals surface area contributed by atoms with Crippen LogP contribution in [-0.4, -0.2) is 0 Å². The minimum absolute atomic E-state index is 0.0856. The Morgan fingerprint density at radius 1 is 1.45 bits per heavy atom. The molecular weight excluding hydrogens is 146 g/mol. The zero-order valence-electron chi connectivity index (χ0n) is 6.82. The van der Waals surface area contributed by atoms with Crippen LogP contribution in [0.25, 0.3) is 0 Å². The van der Waals surface area contributed by atoms with Gasteiger partial charge in [-0.2, -0.15) is 0 Å². The van der Waals surface area contributed by atoms with Crippen LogP contribution < -0.4 is 0 Å². The molecule has 0 saturated heterocycles. The van der Waals surface area contributed by atoms with Crippen LogP contribution >= 0.6 is 0 Å². The van der Waals surface area contributed by atoms with Crippen molar-refractivity contribution >= 4 is 0 Å². The van der Waals surface area contributed by atoms with Crippen molar-refractivity contribution in [3.05, 3.63) is 36.0 Å². The Bertz CT molecular complexity index is 200. The van der Waals surface area contributed by atoms with Crippen molar-refractivity contribution in [2.45, 2.75) is 20.3 Å². The third-order valence-electron chi connectivity index (χ3n) is 1.36. The fourth-order valence-electron chi connectivity index (χ4n) is 0.749. The molecular formula is C9H12F2. The van der Waals surface area contributed by atoms with E-state index in [4.69, 9.17) is 0 Å². The summed E-state index contributed by atoms with van der Waals surface area (Å²) in [7, 11) is 0. The third-order valence-corrected chi connectivity index (χ3v) is 1.36. The number of hydrogen-bond donors (Lipinski definition) is 0. The smallest absolute Gasteiger partial charge is 0.128 e. The SMILES string of the molecule is C=C/C(F)=C(CC)\C(F)=C/C. The summed E-state index contributed by atoms with van der Waals surface area (Å²) < 4.78 is 25.5. The largest absolute Gasteiger partial charge is 0.207 e. The summed E-state index contributed by atoms with van der Waals surface area (Å²) in [6.07, 6.45) is 2.60. The average Bonchev–Trinajstić information content (AvgIpc) is 2.05. The van der Waals surface area contributed by atoms with E-state index in [1.807, 2.05) is 0 Å². The van der Waals surface area contributed by atoms with E-state index in [9.17, 15) is 8.78 Å². The van der Waals surface area contributed by atoms with Crippen LogP contribution in [0.2, 0.25) is 0 Å². The van der Waals surface area contributed by atoms with Crippen molar-refractivity contribution in [1.29, 1.82) is 0 Å². The van der Waals surface area contributed by atoms with Crippen molar-refractivity contribution in [3.8, 4) is 0 Å². The lowest BCUT2D eigenvalue weighted by Gasteiger charge is -2.00. The topological polar surface area (TPSA) is 0 Å². The molecule has 0 radical (unpaired) electrons. The second-order valence-electron chi connectivity index (χ2n) is 2.02. The Hall–Kier alpha value is -0.920. The van der Waals surface area contributed by atoms with Gasteiger partial charge >= 0.3 is 0 Å². The van der Waals surface area contributed by atoms with Crippen molar-refractivity contribution in [2.24, 2.45) is 0 Å². The second kappa shape index (κ2) is 4.83. The van der Waals surface area contributed by atoms with Crippen molar-refractivity contribution < 1.29 is 8.78 Å². The maximum Gasteiger partial charge on any atom is 0.128 e. The molecule has 0 atom stereocenters. The van der Waals surface area contributed by atoms with Crippen molar-refractivity contribution in [3.63, 3.8) is 0 Å². The molecule has 0 aromatic rings. The number of allylic oxidation sites excluding steroid dienone is 5. The predicted octanol–water partition coefficient (Wildman–Crippen LogP) is 3.68. The zero-order chi connectivity index (χ0) is 8.85. The third kappa shape index (κ3) is 2.66. The lowest BCUT2D eigenvalue weighted by Crippen LogP contribution is -1.84. The number of hydrogen-bond acceptors (Lipinski definition) is 0. The first-order valence-corrected chi connectivity index (χ1v) is 3.50. The maximum absolute atomic E-state index is 12.7. The van der Waals surface area contributed by atoms with Gasteiger partial charge in [-0.15, -0.1) is 0 Å². The van der Waals surface area contributed by atoms with Crippen LogP contribution in [-0.2, 0) is 0 Å². The van der Waals surface area contributed by atoms with Crippen LogP contribution in [0, 0.1) is 0 Å². The lowest BCUT2D eigenvalue weighted by atomic mass is 10.1. The van der Waals surface area contributed by atoms with Crippen LogP contribution in [0.15, 0.2) is 36.0 Å². The first kappa shape index (κ1) is 10.1. The van der Waals surface area contributed by atoms with Gasteiger partial charge in [0, 0.05) is 5.57 Å². The van der Waals surface area contributed by atoms with Crippen molar-refractivity contribution in [2.75, 3.05) is 0 Å². The van der Waals surface area contributed by atoms with Gasteiger partial charge in [0.2, 0.25) is 0 Å². The summed E-state index contributed by atoms with van der Waals surface area (Å²) in [4.78, 5) is 0. The lowest BCUT2D eigenvalue weighted by molar-refractivity contribution is 0.599. The van der Waals surface area contributed by atoms with Crippen LogP contribution in [0.1, 0.15) is 20.3 Å². The highest BCUT2D eigenvalue weighted by Crippen LogP contribution is 2.20. The van der Waals surface area contributed by atoms with Crippen molar-refractivity contribution in [1.82, 2.24) is 0 Å². The molecule has 0 fully saturated rings. The molecule has 0 unspecified atom stereocenters. The molecule has 0 saturated carbocycles. The fourth-order valence-corrected chi connectivity index (χ4v) is 0.749. The molecule has 62 valence electrons. The molecule has 0 aliphatic heterocycles. The van der Waals surface area contributed by atoms with Gasteiger partial charge in [-0.3, -0.25) is 0 Å². The molecule has 0 aromatic heterocycles. The molecule has 0 aliphatic rings. The van der Waals surface area contributed by atoms with Gasteiger partial charge in [-0.05, 0) is 19.4 Å². The summed E-state index contributed by atoms with van der Waals surface area (Å²) >= 11 is 0. The Labute approximate surface area is 65.9 Å². The molecule has 0 bridgehead atoms. The molecule has 2 heteroatoms. The highest BCUT2D eigenvalue weighted by atomic mass is 19.1. The summed E-state index contributed by atoms with van der Waals surface area (Å²) in [5, 5.41) is 0. The quantitative estimate of drug-likeness (QED) is 0.549. The van der Waals surface area contributed by atoms with E-state index in [1.165, 1.54) is 13.0 Å². The van der Waals surface area contributed by atoms with E-state index in [-0.39, 0.29) is 5.57 Å². The van der Waals surface area contributed by atoms with E-state index >= 15 is 0 Å². The Morgan fingerprint density at radius 2 is 2.00 bits per heavy atom. The van der Waals surface area contributed by atoms with E-state index in [0.717, 1.165) is 6.08 Å². The van der Waals surface area contributed by atoms with Gasteiger partial charge in [-0.25, -0.2) is 8.78 Å². The molecule has 0 N–H and O–H groups in total. The van der Waals surface area contributed by atoms with Gasteiger partial charge in [-0.1, -0.05) is 19.6 Å². The van der Waals surface area contributed by atoms with E-state index < -0.39 is 11.7 Å². The van der Waals surface area contributed by atoms with Crippen LogP contribution in [0.5, 0.6) is 0 Å². The Kier molecular flexibility index (Phi) is 4.42. The fraction of sp³-hybridized carbons (Fsp3) is 0.333. The maximum atomic E-state index is 12.7. The van der Waals surface area contributed by atoms with Gasteiger partial charge in [0.1, 0.15) is 11.7 Å². The average molecular weight is 158 g/mol. The standard InChI is InChI=1S/C9H12F2/c1-4-7(8(10)5-2)9(11)6-3/h5-6H,2,4H2,1,3H3/b8-7+,9-6+. The first-order chi connectivity index (χ1) is 5.17. The molecule has 0 aromatic carbocycles. The van der Waals surface area contributed by atoms with E-state index in [0.29, 0.717) is 6.42 Å². The Morgan fingerprint density at radius 3 is 2.27 bits per heavy atom. The molecule has 0 amide bonds. The normalized spacial score (nSPS) is 14.4. The van der Waals surface area contributed by atoms with E-state index in [2.05, 4.69) is 6.58 Å². The zero-order valence-corrected chi connectivity index (χ0v) is 6.82. The second-order valence-corrected chi connectivity index (χ2v) is 2.02. The van der Waals surface area contributed by atoms with E-state index in [1.54, 1.807) is 6.92 Å². The van der Waals surface area contributed by atoms with Crippen LogP contribution in [0.3, 0.4) is 0 Å². The summed E-state index contributed by atoms with van der Waals surface area (Å²) in [6.45, 7) is 6.44. The molecule has 11 heavy (non-hydrogen) atoms. The molecule has 0 spiro atoms. The molecule has 0 rings (SSSR count).